The highest BCUT2D eigenvalue weighted by Gasteiger charge is 2.15. The average Bonchev–Trinajstić information content (AvgIpc) is 2.32. The Labute approximate surface area is 90.7 Å². The van der Waals surface area contributed by atoms with Crippen molar-refractivity contribution in [3.05, 3.63) is 48.6 Å². The maximum atomic E-state index is 4.51. The number of hydrogen-bond acceptors (Lipinski definition) is 2. The van der Waals surface area contributed by atoms with Crippen molar-refractivity contribution >= 4 is 5.84 Å². The second-order valence-electron chi connectivity index (χ2n) is 3.77. The molecule has 1 N–H and O–H groups in total. The van der Waals surface area contributed by atoms with E-state index in [1.54, 1.807) is 0 Å². The van der Waals surface area contributed by atoms with Gasteiger partial charge in [-0.3, -0.25) is 4.99 Å². The third-order valence-electron chi connectivity index (χ3n) is 2.66. The minimum Gasteiger partial charge on any atom is -0.373 e. The number of hydrogen-bond donors (Lipinski definition) is 1. The van der Waals surface area contributed by atoms with Crippen LogP contribution in [-0.4, -0.2) is 18.9 Å². The first-order valence-electron chi connectivity index (χ1n) is 5.33. The lowest BCUT2D eigenvalue weighted by molar-refractivity contribution is 0.634. The Bertz CT molecular complexity index is 354. The van der Waals surface area contributed by atoms with E-state index in [4.69, 9.17) is 0 Å². The lowest BCUT2D eigenvalue weighted by atomic mass is 9.98. The van der Waals surface area contributed by atoms with Crippen LogP contribution in [0.5, 0.6) is 0 Å². The summed E-state index contributed by atoms with van der Waals surface area (Å²) < 4.78 is 0. The van der Waals surface area contributed by atoms with E-state index < -0.39 is 0 Å². The smallest absolute Gasteiger partial charge is 0.100 e. The van der Waals surface area contributed by atoms with Crippen LogP contribution in [0.25, 0.3) is 0 Å². The molecule has 0 bridgehead atoms. The second-order valence-corrected chi connectivity index (χ2v) is 3.77. The molecule has 0 saturated carbocycles. The molecule has 1 atom stereocenters. The molecule has 0 aromatic heterocycles. The fraction of sp³-hybridized carbons (Fsp3) is 0.308. The van der Waals surface area contributed by atoms with Crippen molar-refractivity contribution in [2.45, 2.75) is 12.3 Å². The van der Waals surface area contributed by atoms with Crippen LogP contribution in [0.4, 0.5) is 0 Å². The van der Waals surface area contributed by atoms with E-state index in [9.17, 15) is 0 Å². The summed E-state index contributed by atoms with van der Waals surface area (Å²) in [5, 5.41) is 3.35. The van der Waals surface area contributed by atoms with Gasteiger partial charge in [-0.05, 0) is 5.56 Å². The summed E-state index contributed by atoms with van der Waals surface area (Å²) in [5.41, 5.74) is 1.37. The molecule has 0 saturated heterocycles. The van der Waals surface area contributed by atoms with Crippen LogP contribution >= 0.6 is 0 Å². The van der Waals surface area contributed by atoms with Gasteiger partial charge in [0.15, 0.2) is 0 Å². The molecule has 2 heteroatoms. The van der Waals surface area contributed by atoms with Gasteiger partial charge in [-0.15, -0.1) is 6.58 Å². The van der Waals surface area contributed by atoms with Crippen LogP contribution < -0.4 is 5.32 Å². The van der Waals surface area contributed by atoms with Crippen molar-refractivity contribution in [2.24, 2.45) is 4.99 Å². The largest absolute Gasteiger partial charge is 0.373 e. The number of nitrogens with one attached hydrogen (secondary N) is 1. The highest BCUT2D eigenvalue weighted by molar-refractivity contribution is 5.84. The molecule has 2 rings (SSSR count). The third-order valence-corrected chi connectivity index (χ3v) is 2.66. The third kappa shape index (κ3) is 2.46. The van der Waals surface area contributed by atoms with Crippen molar-refractivity contribution in [1.82, 2.24) is 5.32 Å². The first-order valence-corrected chi connectivity index (χ1v) is 5.33. The van der Waals surface area contributed by atoms with Gasteiger partial charge >= 0.3 is 0 Å². The van der Waals surface area contributed by atoms with Gasteiger partial charge < -0.3 is 5.32 Å². The fourth-order valence-corrected chi connectivity index (χ4v) is 1.80. The van der Waals surface area contributed by atoms with Crippen LogP contribution in [0.2, 0.25) is 0 Å². The lowest BCUT2D eigenvalue weighted by Crippen LogP contribution is -2.34. The molecule has 0 radical (unpaired) electrons. The van der Waals surface area contributed by atoms with E-state index >= 15 is 0 Å². The normalized spacial score (nSPS) is 20.3. The van der Waals surface area contributed by atoms with Crippen LogP contribution in [-0.2, 0) is 0 Å². The van der Waals surface area contributed by atoms with Crippen molar-refractivity contribution in [3.63, 3.8) is 0 Å². The van der Waals surface area contributed by atoms with E-state index in [0.29, 0.717) is 5.92 Å². The van der Waals surface area contributed by atoms with Gasteiger partial charge in [0.05, 0.1) is 0 Å². The molecule has 1 aromatic carbocycles. The molecule has 1 unspecified atom stereocenters. The first kappa shape index (κ1) is 9.97. The topological polar surface area (TPSA) is 24.4 Å². The van der Waals surface area contributed by atoms with E-state index in [2.05, 4.69) is 41.2 Å². The zero-order valence-electron chi connectivity index (χ0n) is 8.82. The summed E-state index contributed by atoms with van der Waals surface area (Å²) in [6.07, 6.45) is 2.73. The minimum atomic E-state index is 0.514. The van der Waals surface area contributed by atoms with Crippen molar-refractivity contribution in [3.8, 4) is 0 Å². The highest BCUT2D eigenvalue weighted by atomic mass is 15.0. The number of rotatable bonds is 3. The number of benzene rings is 1. The first-order chi connectivity index (χ1) is 7.40. The molecule has 1 aliphatic heterocycles. The summed E-state index contributed by atoms with van der Waals surface area (Å²) in [5.74, 6) is 1.58. The molecular formula is C13H16N2. The minimum absolute atomic E-state index is 0.514. The molecule has 1 aromatic rings. The summed E-state index contributed by atoms with van der Waals surface area (Å²) in [7, 11) is 0. The molecule has 2 nitrogen and oxygen atoms in total. The molecule has 0 fully saturated rings. The quantitative estimate of drug-likeness (QED) is 0.744. The average molecular weight is 200 g/mol. The van der Waals surface area contributed by atoms with Crippen LogP contribution in [0.3, 0.4) is 0 Å². The lowest BCUT2D eigenvalue weighted by Gasteiger charge is -2.22. The molecule has 78 valence electrons. The molecule has 1 aliphatic rings. The van der Waals surface area contributed by atoms with Gasteiger partial charge in [0.2, 0.25) is 0 Å². The number of aliphatic imine (C=N–C) groups is 1. The molecule has 15 heavy (non-hydrogen) atoms. The fourth-order valence-electron chi connectivity index (χ4n) is 1.80. The summed E-state index contributed by atoms with van der Waals surface area (Å²) in [6.45, 7) is 5.58. The zero-order chi connectivity index (χ0) is 10.5. The Morgan fingerprint density at radius 2 is 2.20 bits per heavy atom. The highest BCUT2D eigenvalue weighted by Crippen LogP contribution is 2.17. The molecule has 1 heterocycles. The summed E-state index contributed by atoms with van der Waals surface area (Å²) in [6, 6.07) is 10.5. The Balaban J connectivity index is 2.02. The molecule has 0 amide bonds. The SMILES string of the molecule is C=CCC1=NCC(c2ccccc2)CN1. The molecule has 0 aliphatic carbocycles. The Kier molecular flexibility index (Phi) is 3.18. The van der Waals surface area contributed by atoms with Gasteiger partial charge in [-0.1, -0.05) is 36.4 Å². The Morgan fingerprint density at radius 3 is 2.80 bits per heavy atom. The van der Waals surface area contributed by atoms with E-state index in [1.165, 1.54) is 5.56 Å². The standard InChI is InChI=1S/C13H16N2/c1-2-6-13-14-9-12(10-15-13)11-7-4-3-5-8-11/h2-5,7-8,12H,1,6,9-10H2,(H,14,15). The van der Waals surface area contributed by atoms with Gasteiger partial charge in [0.1, 0.15) is 5.84 Å². The predicted octanol–water partition coefficient (Wildman–Crippen LogP) is 2.35. The monoisotopic (exact) mass is 200 g/mol. The van der Waals surface area contributed by atoms with Crippen LogP contribution in [0.15, 0.2) is 48.0 Å². The molecule has 0 spiro atoms. The van der Waals surface area contributed by atoms with Crippen molar-refractivity contribution in [1.29, 1.82) is 0 Å². The maximum Gasteiger partial charge on any atom is 0.100 e. The summed E-state index contributed by atoms with van der Waals surface area (Å²) >= 11 is 0. The van der Waals surface area contributed by atoms with Gasteiger partial charge in [0.25, 0.3) is 0 Å². The van der Waals surface area contributed by atoms with E-state index in [1.807, 2.05) is 12.1 Å². The van der Waals surface area contributed by atoms with E-state index in [0.717, 1.165) is 25.3 Å². The predicted molar refractivity (Wildman–Crippen MR) is 64.3 cm³/mol. The van der Waals surface area contributed by atoms with Crippen LogP contribution in [0, 0.1) is 0 Å². The molecular weight excluding hydrogens is 184 g/mol. The number of amidine groups is 1. The summed E-state index contributed by atoms with van der Waals surface area (Å²) in [4.78, 5) is 4.51. The zero-order valence-corrected chi connectivity index (χ0v) is 8.82. The van der Waals surface area contributed by atoms with Crippen LogP contribution in [0.1, 0.15) is 17.9 Å². The van der Waals surface area contributed by atoms with Gasteiger partial charge in [-0.2, -0.15) is 0 Å². The Morgan fingerprint density at radius 1 is 1.40 bits per heavy atom. The van der Waals surface area contributed by atoms with Gasteiger partial charge in [0, 0.05) is 25.4 Å². The Hall–Kier alpha value is -1.57. The number of nitrogens with zero attached hydrogens (tertiary/aromatic N) is 1. The van der Waals surface area contributed by atoms with Crippen molar-refractivity contribution < 1.29 is 0 Å². The van der Waals surface area contributed by atoms with Gasteiger partial charge in [-0.25, -0.2) is 0 Å². The maximum absolute atomic E-state index is 4.51. The van der Waals surface area contributed by atoms with Crippen molar-refractivity contribution in [2.75, 3.05) is 13.1 Å². The van der Waals surface area contributed by atoms with E-state index in [-0.39, 0.29) is 0 Å². The second kappa shape index (κ2) is 4.78.